The third-order valence-electron chi connectivity index (χ3n) is 1.89. The number of rotatable bonds is 2. The number of nitrogens with two attached hydrogens (primary N) is 1. The summed E-state index contributed by atoms with van der Waals surface area (Å²) in [6.45, 7) is 1.58. The van der Waals surface area contributed by atoms with E-state index in [9.17, 15) is 4.79 Å². The average molecular weight is 166 g/mol. The first-order valence-electron chi connectivity index (χ1n) is 3.07. The summed E-state index contributed by atoms with van der Waals surface area (Å²) in [5, 5.41) is 8.53. The molecule has 0 aromatic rings. The zero-order valence-electron chi connectivity index (χ0n) is 5.83. The Morgan fingerprint density at radius 1 is 1.70 bits per heavy atom. The SMILES string of the molecule is C[C@@](N)(C(=O)O)C1CC1.Cl. The average Bonchev–Trinajstić information content (AvgIpc) is 2.42. The number of carbonyl (C=O) groups is 1. The molecule has 0 saturated heterocycles. The molecule has 0 unspecified atom stereocenters. The van der Waals surface area contributed by atoms with Crippen LogP contribution in [0.5, 0.6) is 0 Å². The first-order chi connectivity index (χ1) is 4.05. The molecule has 3 nitrogen and oxygen atoms in total. The first-order valence-corrected chi connectivity index (χ1v) is 3.07. The van der Waals surface area contributed by atoms with Crippen LogP contribution < -0.4 is 5.73 Å². The van der Waals surface area contributed by atoms with E-state index < -0.39 is 11.5 Å². The highest BCUT2D eigenvalue weighted by Crippen LogP contribution is 2.37. The van der Waals surface area contributed by atoms with Crippen molar-refractivity contribution in [2.75, 3.05) is 0 Å². The van der Waals surface area contributed by atoms with Crippen molar-refractivity contribution in [2.45, 2.75) is 25.3 Å². The molecule has 0 aromatic heterocycles. The van der Waals surface area contributed by atoms with E-state index in [1.807, 2.05) is 0 Å². The number of halogens is 1. The van der Waals surface area contributed by atoms with Gasteiger partial charge in [0.15, 0.2) is 0 Å². The van der Waals surface area contributed by atoms with Gasteiger partial charge in [-0.25, -0.2) is 0 Å². The molecule has 0 radical (unpaired) electrons. The lowest BCUT2D eigenvalue weighted by Crippen LogP contribution is -2.46. The molecule has 60 valence electrons. The van der Waals surface area contributed by atoms with Gasteiger partial charge in [-0.15, -0.1) is 12.4 Å². The molecule has 3 N–H and O–H groups in total. The summed E-state index contributed by atoms with van der Waals surface area (Å²) in [5.41, 5.74) is 4.49. The van der Waals surface area contributed by atoms with Gasteiger partial charge >= 0.3 is 5.97 Å². The molecular weight excluding hydrogens is 154 g/mol. The zero-order chi connectivity index (χ0) is 7.07. The summed E-state index contributed by atoms with van der Waals surface area (Å²) < 4.78 is 0. The lowest BCUT2D eigenvalue weighted by atomic mass is 9.98. The monoisotopic (exact) mass is 165 g/mol. The standard InChI is InChI=1S/C6H11NO2.ClH/c1-6(7,5(8)9)4-2-3-4;/h4H,2-3,7H2,1H3,(H,8,9);1H/t6-;/m0./s1. The Labute approximate surface area is 66.0 Å². The number of aliphatic carboxylic acids is 1. The van der Waals surface area contributed by atoms with E-state index in [1.165, 1.54) is 0 Å². The molecule has 1 aliphatic rings. The number of hydrogen-bond acceptors (Lipinski definition) is 2. The van der Waals surface area contributed by atoms with Crippen molar-refractivity contribution in [1.29, 1.82) is 0 Å². The van der Waals surface area contributed by atoms with Gasteiger partial charge in [-0.05, 0) is 25.7 Å². The largest absolute Gasteiger partial charge is 0.480 e. The van der Waals surface area contributed by atoms with E-state index in [4.69, 9.17) is 10.8 Å². The van der Waals surface area contributed by atoms with E-state index in [2.05, 4.69) is 0 Å². The van der Waals surface area contributed by atoms with Crippen molar-refractivity contribution in [3.8, 4) is 0 Å². The quantitative estimate of drug-likeness (QED) is 0.631. The fraction of sp³-hybridized carbons (Fsp3) is 0.833. The molecule has 0 bridgehead atoms. The summed E-state index contributed by atoms with van der Waals surface area (Å²) in [5.74, 6) is -0.667. The fourth-order valence-corrected chi connectivity index (χ4v) is 0.858. The van der Waals surface area contributed by atoms with Crippen molar-refractivity contribution in [1.82, 2.24) is 0 Å². The van der Waals surface area contributed by atoms with Gasteiger partial charge in [-0.1, -0.05) is 0 Å². The fourth-order valence-electron chi connectivity index (χ4n) is 0.858. The van der Waals surface area contributed by atoms with Crippen LogP contribution in [0.2, 0.25) is 0 Å². The smallest absolute Gasteiger partial charge is 0.323 e. The van der Waals surface area contributed by atoms with Crippen LogP contribution in [0.4, 0.5) is 0 Å². The van der Waals surface area contributed by atoms with E-state index >= 15 is 0 Å². The van der Waals surface area contributed by atoms with Gasteiger partial charge in [0.05, 0.1) is 0 Å². The minimum atomic E-state index is -0.972. The predicted molar refractivity (Wildman–Crippen MR) is 40.2 cm³/mol. The highest BCUT2D eigenvalue weighted by Gasteiger charge is 2.44. The van der Waals surface area contributed by atoms with E-state index in [-0.39, 0.29) is 18.3 Å². The molecule has 10 heavy (non-hydrogen) atoms. The summed E-state index contributed by atoms with van der Waals surface area (Å²) in [6.07, 6.45) is 1.94. The summed E-state index contributed by atoms with van der Waals surface area (Å²) in [6, 6.07) is 0. The second-order valence-electron chi connectivity index (χ2n) is 2.86. The van der Waals surface area contributed by atoms with E-state index in [0.29, 0.717) is 0 Å². The van der Waals surface area contributed by atoms with Crippen LogP contribution in [-0.2, 0) is 4.79 Å². The number of carboxylic acid groups (broad SMARTS) is 1. The first kappa shape index (κ1) is 9.72. The van der Waals surface area contributed by atoms with Gasteiger partial charge in [-0.2, -0.15) is 0 Å². The second-order valence-corrected chi connectivity index (χ2v) is 2.86. The topological polar surface area (TPSA) is 63.3 Å². The van der Waals surface area contributed by atoms with Gasteiger partial charge in [0.2, 0.25) is 0 Å². The minimum absolute atomic E-state index is 0. The third-order valence-corrected chi connectivity index (χ3v) is 1.89. The molecule has 1 rings (SSSR count). The molecule has 1 atom stereocenters. The van der Waals surface area contributed by atoms with Crippen molar-refractivity contribution < 1.29 is 9.90 Å². The Morgan fingerprint density at radius 3 is 2.20 bits per heavy atom. The maximum Gasteiger partial charge on any atom is 0.323 e. The van der Waals surface area contributed by atoms with Crippen molar-refractivity contribution in [2.24, 2.45) is 11.7 Å². The molecule has 1 saturated carbocycles. The van der Waals surface area contributed by atoms with E-state index in [0.717, 1.165) is 12.8 Å². The Hall–Kier alpha value is -0.280. The van der Waals surface area contributed by atoms with Crippen molar-refractivity contribution in [3.63, 3.8) is 0 Å². The second kappa shape index (κ2) is 2.76. The van der Waals surface area contributed by atoms with Crippen LogP contribution in [0, 0.1) is 5.92 Å². The van der Waals surface area contributed by atoms with Gasteiger partial charge in [0.25, 0.3) is 0 Å². The highest BCUT2D eigenvalue weighted by atomic mass is 35.5. The van der Waals surface area contributed by atoms with Gasteiger partial charge in [-0.3, -0.25) is 4.79 Å². The molecule has 0 aliphatic heterocycles. The summed E-state index contributed by atoms with van der Waals surface area (Å²) >= 11 is 0. The Bertz CT molecular complexity index is 143. The van der Waals surface area contributed by atoms with Gasteiger partial charge < -0.3 is 10.8 Å². The molecule has 0 aromatic carbocycles. The molecular formula is C6H12ClNO2. The van der Waals surface area contributed by atoms with Crippen LogP contribution >= 0.6 is 12.4 Å². The van der Waals surface area contributed by atoms with Crippen molar-refractivity contribution in [3.05, 3.63) is 0 Å². The minimum Gasteiger partial charge on any atom is -0.480 e. The molecule has 1 aliphatic carbocycles. The van der Waals surface area contributed by atoms with Gasteiger partial charge in [0, 0.05) is 0 Å². The van der Waals surface area contributed by atoms with Crippen LogP contribution in [0.15, 0.2) is 0 Å². The van der Waals surface area contributed by atoms with Crippen LogP contribution in [-0.4, -0.2) is 16.6 Å². The Kier molecular flexibility index (Phi) is 2.68. The van der Waals surface area contributed by atoms with Crippen LogP contribution in [0.25, 0.3) is 0 Å². The highest BCUT2D eigenvalue weighted by molar-refractivity contribution is 5.85. The third kappa shape index (κ3) is 1.61. The normalized spacial score (nSPS) is 22.6. The summed E-state index contributed by atoms with van der Waals surface area (Å²) in [4.78, 5) is 10.4. The molecule has 1 fully saturated rings. The van der Waals surface area contributed by atoms with E-state index in [1.54, 1.807) is 6.92 Å². The number of carboxylic acids is 1. The lowest BCUT2D eigenvalue weighted by molar-refractivity contribution is -0.143. The maximum atomic E-state index is 10.4. The van der Waals surface area contributed by atoms with Crippen LogP contribution in [0.3, 0.4) is 0 Å². The van der Waals surface area contributed by atoms with Crippen molar-refractivity contribution >= 4 is 18.4 Å². The Balaban J connectivity index is 0.000000810. The molecule has 0 amide bonds. The van der Waals surface area contributed by atoms with Crippen LogP contribution in [0.1, 0.15) is 19.8 Å². The predicted octanol–water partition coefficient (Wildman–Crippen LogP) is 0.620. The number of hydrogen-bond donors (Lipinski definition) is 2. The molecule has 0 heterocycles. The maximum absolute atomic E-state index is 10.4. The summed E-state index contributed by atoms with van der Waals surface area (Å²) in [7, 11) is 0. The zero-order valence-corrected chi connectivity index (χ0v) is 6.65. The molecule has 0 spiro atoms. The Morgan fingerprint density at radius 2 is 2.10 bits per heavy atom. The lowest BCUT2D eigenvalue weighted by Gasteiger charge is -2.17. The molecule has 4 heteroatoms. The van der Waals surface area contributed by atoms with Gasteiger partial charge in [0.1, 0.15) is 5.54 Å².